The van der Waals surface area contributed by atoms with Crippen LogP contribution in [0.5, 0.6) is 0 Å². The summed E-state index contributed by atoms with van der Waals surface area (Å²) in [6.07, 6.45) is -5.78. The van der Waals surface area contributed by atoms with E-state index >= 15 is 0 Å². The second-order valence-electron chi connectivity index (χ2n) is 8.41. The summed E-state index contributed by atoms with van der Waals surface area (Å²) in [5.74, 6) is -2.13. The summed E-state index contributed by atoms with van der Waals surface area (Å²) < 4.78 is 95.2. The molecule has 1 N–H and O–H groups in total. The number of nitrogens with one attached hydrogen (secondary N) is 1. The summed E-state index contributed by atoms with van der Waals surface area (Å²) in [6.45, 7) is 0. The Hall–Kier alpha value is -4.36. The molecule has 0 saturated heterocycles. The number of ether oxygens (including phenoxy) is 2. The van der Waals surface area contributed by atoms with Crippen LogP contribution in [0.25, 0.3) is 46.4 Å². The molecule has 0 saturated carbocycles. The van der Waals surface area contributed by atoms with Gasteiger partial charge in [0.25, 0.3) is 0 Å². The molecule has 5 rings (SSSR count). The van der Waals surface area contributed by atoms with Crippen molar-refractivity contribution in [3.05, 3.63) is 69.3 Å². The minimum atomic E-state index is -4.98. The molecule has 2 aliphatic heterocycles. The Morgan fingerprint density at radius 1 is 0.683 bits per heavy atom. The molecule has 0 aromatic carbocycles. The minimum absolute atomic E-state index is 0. The zero-order valence-corrected chi connectivity index (χ0v) is 21.9. The third-order valence-corrected chi connectivity index (χ3v) is 6.03. The fourth-order valence-corrected chi connectivity index (χ4v) is 4.36. The van der Waals surface area contributed by atoms with E-state index in [0.29, 0.717) is 0 Å². The van der Waals surface area contributed by atoms with Crippen molar-refractivity contribution in [2.75, 3.05) is 14.2 Å². The maximum atomic E-state index is 14.3. The molecule has 211 valence electrons. The van der Waals surface area contributed by atoms with Crippen molar-refractivity contribution in [2.45, 2.75) is 12.4 Å². The molecule has 0 atom stereocenters. The maximum absolute atomic E-state index is 14.3. The number of hydrogen-bond acceptors (Lipinski definition) is 6. The molecule has 0 spiro atoms. The number of nitrogens with zero attached hydrogens (tertiary/aromatic N) is 3. The predicted molar refractivity (Wildman–Crippen MR) is 131 cm³/mol. The molecular formula is C26H15F6MnN4O4+. The summed E-state index contributed by atoms with van der Waals surface area (Å²) in [7, 11) is 2.00. The Bertz CT molecular complexity index is 1670. The number of aromatic amines is 1. The van der Waals surface area contributed by atoms with Gasteiger partial charge in [0.2, 0.25) is 0 Å². The van der Waals surface area contributed by atoms with Crippen molar-refractivity contribution in [3.63, 3.8) is 0 Å². The second kappa shape index (κ2) is 10.6. The van der Waals surface area contributed by atoms with Crippen molar-refractivity contribution in [1.29, 1.82) is 0 Å². The first-order chi connectivity index (χ1) is 18.8. The Labute approximate surface area is 236 Å². The fourth-order valence-electron chi connectivity index (χ4n) is 4.36. The Kier molecular flexibility index (Phi) is 7.63. The van der Waals surface area contributed by atoms with Gasteiger partial charge in [-0.1, -0.05) is 12.1 Å². The molecular weight excluding hydrogens is 601 g/mol. The molecule has 5 heterocycles. The van der Waals surface area contributed by atoms with Gasteiger partial charge in [-0.05, 0) is 36.4 Å². The number of esters is 2. The zero-order chi connectivity index (χ0) is 29.0. The Morgan fingerprint density at radius 2 is 1.15 bits per heavy atom. The average molecular weight is 616 g/mol. The predicted octanol–water partition coefficient (Wildman–Crippen LogP) is 5.89. The number of aromatic nitrogens is 4. The number of fused-ring (bicyclic) bond motifs is 8. The summed E-state index contributed by atoms with van der Waals surface area (Å²) >= 11 is 0. The average Bonchev–Trinajstić information content (AvgIpc) is 3.67. The number of hydrogen-bond donors (Lipinski definition) is 1. The van der Waals surface area contributed by atoms with Gasteiger partial charge in [0.15, 0.2) is 0 Å². The number of rotatable bonds is 2. The van der Waals surface area contributed by atoms with Crippen LogP contribution in [0.4, 0.5) is 26.3 Å². The van der Waals surface area contributed by atoms with Gasteiger partial charge in [-0.15, -0.1) is 11.0 Å². The molecule has 3 aromatic heterocycles. The van der Waals surface area contributed by atoms with E-state index in [-0.39, 0.29) is 39.5 Å². The molecule has 41 heavy (non-hydrogen) atoms. The number of H-pyrrole nitrogens is 1. The van der Waals surface area contributed by atoms with E-state index < -0.39 is 69.0 Å². The zero-order valence-electron chi connectivity index (χ0n) is 20.7. The molecule has 15 heteroatoms. The molecule has 0 aliphatic carbocycles. The molecule has 3 aromatic rings. The molecule has 2 aliphatic rings. The van der Waals surface area contributed by atoms with E-state index in [1.807, 2.05) is 0 Å². The SMILES string of the molecule is COC(=O)c1c2nc(c(C(F)(F)F)c3ccc([nH]3)c(C(=O)OC)c3nc(c(C(F)(F)F)c4ccc1[n-]4)C=C3)C=C2.[Mn+2]. The van der Waals surface area contributed by atoms with Crippen LogP contribution >= 0.6 is 0 Å². The van der Waals surface area contributed by atoms with Gasteiger partial charge in [0, 0.05) is 0 Å². The van der Waals surface area contributed by atoms with Crippen LogP contribution in [0.3, 0.4) is 0 Å². The molecule has 8 nitrogen and oxygen atoms in total. The normalized spacial score (nSPS) is 12.7. The number of methoxy groups -OCH3 is 2. The van der Waals surface area contributed by atoms with E-state index in [0.717, 1.165) is 62.8 Å². The third kappa shape index (κ3) is 5.25. The van der Waals surface area contributed by atoms with E-state index in [4.69, 9.17) is 9.47 Å². The van der Waals surface area contributed by atoms with Gasteiger partial charge in [-0.2, -0.15) is 26.3 Å². The largest absolute Gasteiger partial charge is 2.00 e. The summed E-state index contributed by atoms with van der Waals surface area (Å²) in [5, 5.41) is 0. The van der Waals surface area contributed by atoms with Gasteiger partial charge in [0.05, 0.1) is 59.2 Å². The molecule has 0 fully saturated rings. The van der Waals surface area contributed by atoms with Crippen molar-refractivity contribution < 1.29 is 62.5 Å². The molecule has 8 bridgehead atoms. The van der Waals surface area contributed by atoms with Crippen LogP contribution < -0.4 is 4.98 Å². The molecule has 0 unspecified atom stereocenters. The third-order valence-electron chi connectivity index (χ3n) is 6.03. The summed E-state index contributed by atoms with van der Waals surface area (Å²) in [5.41, 5.74) is -6.83. The maximum Gasteiger partial charge on any atom is 2.00 e. The summed E-state index contributed by atoms with van der Waals surface area (Å²) in [6, 6.07) is 4.22. The number of carbonyl (C=O) groups is 2. The van der Waals surface area contributed by atoms with E-state index in [9.17, 15) is 35.9 Å². The van der Waals surface area contributed by atoms with E-state index in [1.54, 1.807) is 0 Å². The second-order valence-corrected chi connectivity index (χ2v) is 8.41. The first-order valence-corrected chi connectivity index (χ1v) is 11.3. The van der Waals surface area contributed by atoms with Crippen LogP contribution in [-0.2, 0) is 38.9 Å². The van der Waals surface area contributed by atoms with Crippen LogP contribution in [0, 0.1) is 0 Å². The monoisotopic (exact) mass is 616 g/mol. The molecule has 1 radical (unpaired) electrons. The van der Waals surface area contributed by atoms with Crippen LogP contribution in [0.2, 0.25) is 0 Å². The van der Waals surface area contributed by atoms with Gasteiger partial charge in [0.1, 0.15) is 11.1 Å². The van der Waals surface area contributed by atoms with E-state index in [1.165, 1.54) is 0 Å². The minimum Gasteiger partial charge on any atom is -0.657 e. The Morgan fingerprint density at radius 3 is 1.71 bits per heavy atom. The van der Waals surface area contributed by atoms with E-state index in [2.05, 4.69) is 19.9 Å². The van der Waals surface area contributed by atoms with Crippen LogP contribution in [-0.4, -0.2) is 41.1 Å². The van der Waals surface area contributed by atoms with Gasteiger partial charge >= 0.3 is 41.4 Å². The topological polar surface area (TPSA) is 108 Å². The van der Waals surface area contributed by atoms with Gasteiger partial charge in [-0.3, -0.25) is 0 Å². The van der Waals surface area contributed by atoms with Crippen LogP contribution in [0.15, 0.2) is 24.3 Å². The van der Waals surface area contributed by atoms with Crippen molar-refractivity contribution in [1.82, 2.24) is 19.9 Å². The number of halogens is 6. The number of carbonyl (C=O) groups excluding carboxylic acids is 2. The van der Waals surface area contributed by atoms with Crippen LogP contribution in [0.1, 0.15) is 54.6 Å². The van der Waals surface area contributed by atoms with Gasteiger partial charge < -0.3 is 19.4 Å². The first kappa shape index (κ1) is 29.6. The van der Waals surface area contributed by atoms with Crippen molar-refractivity contribution in [3.8, 4) is 0 Å². The first-order valence-electron chi connectivity index (χ1n) is 11.3. The van der Waals surface area contributed by atoms with Crippen molar-refractivity contribution >= 4 is 58.3 Å². The summed E-state index contributed by atoms with van der Waals surface area (Å²) in [4.78, 5) is 39.6. The van der Waals surface area contributed by atoms with Gasteiger partial charge in [-0.25, -0.2) is 19.6 Å². The Balaban J connectivity index is 0.00000387. The number of alkyl halides is 6. The quantitative estimate of drug-likeness (QED) is 0.150. The fraction of sp³-hybridized carbons (Fsp3) is 0.154. The van der Waals surface area contributed by atoms with Crippen molar-refractivity contribution in [2.24, 2.45) is 0 Å². The smallest absolute Gasteiger partial charge is 0.657 e. The molecule has 0 amide bonds. The standard InChI is InChI=1S/C26H16F6N4O4.Mn/c1-39-23(37)19-11-3-7-15(33-11)21(25(27,28)29)17-9-5-13(35-17)20(24(38)40-2)14-6-10-18(36-14)22(26(30,31)32)16-8-4-12(19)34-16;/h3-10H,1-2H3,(H2,33,34,35,36,37,38);/q;+2/p-1.